The fourth-order valence-corrected chi connectivity index (χ4v) is 4.06. The SMILES string of the molecule is CN1CCSC2CCC(C(=O)O)CC21. The lowest BCUT2D eigenvalue weighted by atomic mass is 9.84. The van der Waals surface area contributed by atoms with Crippen molar-refractivity contribution in [1.82, 2.24) is 4.90 Å². The molecule has 2 rings (SSSR count). The Balaban J connectivity index is 2.01. The van der Waals surface area contributed by atoms with Gasteiger partial charge in [-0.3, -0.25) is 4.79 Å². The Morgan fingerprint density at radius 3 is 3.00 bits per heavy atom. The van der Waals surface area contributed by atoms with E-state index in [1.165, 1.54) is 5.75 Å². The monoisotopic (exact) mass is 215 g/mol. The predicted octanol–water partition coefficient (Wildman–Crippen LogP) is 1.29. The minimum atomic E-state index is -0.604. The average molecular weight is 215 g/mol. The molecule has 0 amide bonds. The van der Waals surface area contributed by atoms with Crippen molar-refractivity contribution in [1.29, 1.82) is 0 Å². The Morgan fingerprint density at radius 1 is 1.50 bits per heavy atom. The van der Waals surface area contributed by atoms with Gasteiger partial charge in [0.15, 0.2) is 0 Å². The maximum atomic E-state index is 10.9. The largest absolute Gasteiger partial charge is 0.481 e. The van der Waals surface area contributed by atoms with Gasteiger partial charge >= 0.3 is 5.97 Å². The zero-order chi connectivity index (χ0) is 10.1. The first-order chi connectivity index (χ1) is 6.68. The number of thioether (sulfide) groups is 1. The molecule has 0 aromatic rings. The Hall–Kier alpha value is -0.220. The third-order valence-electron chi connectivity index (χ3n) is 3.45. The van der Waals surface area contributed by atoms with E-state index in [9.17, 15) is 4.79 Å². The van der Waals surface area contributed by atoms with Gasteiger partial charge in [0, 0.05) is 23.6 Å². The topological polar surface area (TPSA) is 40.5 Å². The van der Waals surface area contributed by atoms with Gasteiger partial charge in [0.25, 0.3) is 0 Å². The number of rotatable bonds is 1. The van der Waals surface area contributed by atoms with E-state index in [1.54, 1.807) is 0 Å². The van der Waals surface area contributed by atoms with Crippen molar-refractivity contribution in [2.24, 2.45) is 5.92 Å². The number of carbonyl (C=O) groups is 1. The highest BCUT2D eigenvalue weighted by atomic mass is 32.2. The summed E-state index contributed by atoms with van der Waals surface area (Å²) in [6, 6.07) is 0.503. The van der Waals surface area contributed by atoms with Gasteiger partial charge < -0.3 is 10.0 Å². The molecular formula is C10H17NO2S. The number of carboxylic acids is 1. The zero-order valence-corrected chi connectivity index (χ0v) is 9.30. The fourth-order valence-electron chi connectivity index (χ4n) is 2.52. The molecule has 0 bridgehead atoms. The summed E-state index contributed by atoms with van der Waals surface area (Å²) in [6.07, 6.45) is 2.80. The van der Waals surface area contributed by atoms with Gasteiger partial charge in [-0.2, -0.15) is 11.8 Å². The second-order valence-corrected chi connectivity index (χ2v) is 5.65. The summed E-state index contributed by atoms with van der Waals surface area (Å²) in [4.78, 5) is 13.3. The molecule has 3 nitrogen and oxygen atoms in total. The number of hydrogen-bond acceptors (Lipinski definition) is 3. The minimum absolute atomic E-state index is 0.0996. The van der Waals surface area contributed by atoms with Crippen LogP contribution >= 0.6 is 11.8 Å². The number of carboxylic acid groups (broad SMARTS) is 1. The van der Waals surface area contributed by atoms with Crippen molar-refractivity contribution < 1.29 is 9.90 Å². The first-order valence-electron chi connectivity index (χ1n) is 5.23. The van der Waals surface area contributed by atoms with Crippen LogP contribution in [0.15, 0.2) is 0 Å². The van der Waals surface area contributed by atoms with Crippen molar-refractivity contribution in [3.63, 3.8) is 0 Å². The molecule has 0 aromatic carbocycles. The molecule has 0 spiro atoms. The first-order valence-corrected chi connectivity index (χ1v) is 6.28. The van der Waals surface area contributed by atoms with Crippen molar-refractivity contribution in [3.05, 3.63) is 0 Å². The third kappa shape index (κ3) is 1.91. The van der Waals surface area contributed by atoms with Gasteiger partial charge in [0.1, 0.15) is 0 Å². The van der Waals surface area contributed by atoms with E-state index in [0.29, 0.717) is 11.3 Å². The molecule has 80 valence electrons. The number of fused-ring (bicyclic) bond motifs is 1. The second kappa shape index (κ2) is 4.11. The number of aliphatic carboxylic acids is 1. The predicted molar refractivity (Wildman–Crippen MR) is 57.6 cm³/mol. The molecule has 1 aliphatic carbocycles. The van der Waals surface area contributed by atoms with Gasteiger partial charge in [0.05, 0.1) is 5.92 Å². The zero-order valence-electron chi connectivity index (χ0n) is 8.48. The van der Waals surface area contributed by atoms with Crippen LogP contribution in [-0.4, -0.2) is 46.6 Å². The number of nitrogens with zero attached hydrogens (tertiary/aromatic N) is 1. The molecular weight excluding hydrogens is 198 g/mol. The van der Waals surface area contributed by atoms with E-state index in [4.69, 9.17) is 5.11 Å². The molecule has 1 N–H and O–H groups in total. The van der Waals surface area contributed by atoms with E-state index in [0.717, 1.165) is 25.8 Å². The van der Waals surface area contributed by atoms with E-state index in [-0.39, 0.29) is 5.92 Å². The third-order valence-corrected chi connectivity index (χ3v) is 4.84. The van der Waals surface area contributed by atoms with Crippen LogP contribution in [0.4, 0.5) is 0 Å². The van der Waals surface area contributed by atoms with Gasteiger partial charge in [-0.05, 0) is 26.3 Å². The molecule has 1 saturated carbocycles. The summed E-state index contributed by atoms with van der Waals surface area (Å²) in [5.41, 5.74) is 0. The lowest BCUT2D eigenvalue weighted by molar-refractivity contribution is -0.143. The molecule has 2 fully saturated rings. The van der Waals surface area contributed by atoms with E-state index in [1.807, 2.05) is 11.8 Å². The molecule has 3 unspecified atom stereocenters. The highest BCUT2D eigenvalue weighted by molar-refractivity contribution is 8.00. The molecule has 4 heteroatoms. The summed E-state index contributed by atoms with van der Waals surface area (Å²) in [7, 11) is 2.13. The van der Waals surface area contributed by atoms with Crippen molar-refractivity contribution in [2.45, 2.75) is 30.6 Å². The van der Waals surface area contributed by atoms with Gasteiger partial charge in [-0.1, -0.05) is 0 Å². The molecule has 1 saturated heterocycles. The van der Waals surface area contributed by atoms with Crippen LogP contribution in [0.5, 0.6) is 0 Å². The molecule has 0 aromatic heterocycles. The standard InChI is InChI=1S/C10H17NO2S/c1-11-4-5-14-9-3-2-7(10(12)13)6-8(9)11/h7-9H,2-6H2,1H3,(H,12,13). The van der Waals surface area contributed by atoms with Crippen molar-refractivity contribution >= 4 is 17.7 Å². The maximum Gasteiger partial charge on any atom is 0.306 e. The van der Waals surface area contributed by atoms with Crippen molar-refractivity contribution in [2.75, 3.05) is 19.3 Å². The highest BCUT2D eigenvalue weighted by Gasteiger charge is 2.37. The van der Waals surface area contributed by atoms with Gasteiger partial charge in [-0.15, -0.1) is 0 Å². The van der Waals surface area contributed by atoms with Crippen LogP contribution in [0.25, 0.3) is 0 Å². The van der Waals surface area contributed by atoms with E-state index >= 15 is 0 Å². The van der Waals surface area contributed by atoms with Crippen LogP contribution < -0.4 is 0 Å². The van der Waals surface area contributed by atoms with E-state index in [2.05, 4.69) is 11.9 Å². The van der Waals surface area contributed by atoms with Crippen molar-refractivity contribution in [3.8, 4) is 0 Å². The summed E-state index contributed by atoms with van der Waals surface area (Å²) < 4.78 is 0. The minimum Gasteiger partial charge on any atom is -0.481 e. The van der Waals surface area contributed by atoms with Crippen LogP contribution in [0.3, 0.4) is 0 Å². The maximum absolute atomic E-state index is 10.9. The summed E-state index contributed by atoms with van der Waals surface area (Å²) in [6.45, 7) is 1.11. The Morgan fingerprint density at radius 2 is 2.29 bits per heavy atom. The molecule has 2 aliphatic rings. The lowest BCUT2D eigenvalue weighted by Crippen LogP contribution is -2.49. The van der Waals surface area contributed by atoms with Crippen LogP contribution in [0.2, 0.25) is 0 Å². The Labute approximate surface area is 88.9 Å². The molecule has 14 heavy (non-hydrogen) atoms. The summed E-state index contributed by atoms with van der Waals surface area (Å²) in [5, 5.41) is 9.67. The first kappa shape index (κ1) is 10.3. The molecule has 1 heterocycles. The van der Waals surface area contributed by atoms with Crippen LogP contribution in [0, 0.1) is 5.92 Å². The molecule has 0 radical (unpaired) electrons. The smallest absolute Gasteiger partial charge is 0.306 e. The Kier molecular flexibility index (Phi) is 3.02. The van der Waals surface area contributed by atoms with E-state index < -0.39 is 5.97 Å². The summed E-state index contributed by atoms with van der Waals surface area (Å²) >= 11 is 2.03. The molecule has 1 aliphatic heterocycles. The van der Waals surface area contributed by atoms with Crippen LogP contribution in [-0.2, 0) is 4.79 Å². The van der Waals surface area contributed by atoms with Gasteiger partial charge in [0.2, 0.25) is 0 Å². The molecule has 3 atom stereocenters. The highest BCUT2D eigenvalue weighted by Crippen LogP contribution is 2.37. The normalized spacial score (nSPS) is 39.1. The quantitative estimate of drug-likeness (QED) is 0.715. The lowest BCUT2D eigenvalue weighted by Gasteiger charge is -2.43. The fraction of sp³-hybridized carbons (Fsp3) is 0.900. The Bertz CT molecular complexity index is 234. The number of hydrogen-bond donors (Lipinski definition) is 1. The second-order valence-electron chi connectivity index (χ2n) is 4.31. The average Bonchev–Trinajstić information content (AvgIpc) is 2.18. The van der Waals surface area contributed by atoms with Gasteiger partial charge in [-0.25, -0.2) is 0 Å². The summed E-state index contributed by atoms with van der Waals surface area (Å²) in [5.74, 6) is 0.500. The van der Waals surface area contributed by atoms with Crippen LogP contribution in [0.1, 0.15) is 19.3 Å².